The summed E-state index contributed by atoms with van der Waals surface area (Å²) < 4.78 is 1.51. The van der Waals surface area contributed by atoms with E-state index in [1.807, 2.05) is 12.1 Å². The van der Waals surface area contributed by atoms with Crippen molar-refractivity contribution >= 4 is 40.9 Å². The molecule has 2 heterocycles. The van der Waals surface area contributed by atoms with Crippen LogP contribution in [0.15, 0.2) is 46.5 Å². The molecule has 0 aliphatic carbocycles. The van der Waals surface area contributed by atoms with Gasteiger partial charge in [0.25, 0.3) is 5.91 Å². The van der Waals surface area contributed by atoms with Crippen molar-refractivity contribution < 1.29 is 14.7 Å². The van der Waals surface area contributed by atoms with Gasteiger partial charge in [0.1, 0.15) is 23.5 Å². The number of H-pyrrole nitrogens is 1. The summed E-state index contributed by atoms with van der Waals surface area (Å²) in [7, 11) is 0. The van der Waals surface area contributed by atoms with Gasteiger partial charge in [-0.25, -0.2) is 9.50 Å². The lowest BCUT2D eigenvalue weighted by molar-refractivity contribution is -0.135. The molecule has 0 bridgehead atoms. The molecule has 0 saturated heterocycles. The Morgan fingerprint density at radius 3 is 2.73 bits per heavy atom. The highest BCUT2D eigenvalue weighted by Gasteiger charge is 2.19. The first-order chi connectivity index (χ1) is 12.5. The van der Waals surface area contributed by atoms with Crippen molar-refractivity contribution in [3.05, 3.63) is 63.0 Å². The van der Waals surface area contributed by atoms with E-state index in [2.05, 4.69) is 15.4 Å². The average Bonchev–Trinajstić information content (AvgIpc) is 3.08. The maximum atomic E-state index is 12.4. The van der Waals surface area contributed by atoms with Crippen molar-refractivity contribution in [2.45, 2.75) is 10.8 Å². The first kappa shape index (κ1) is 18.0. The van der Waals surface area contributed by atoms with E-state index in [1.54, 1.807) is 12.1 Å². The lowest BCUT2D eigenvalue weighted by atomic mass is 10.2. The second kappa shape index (κ2) is 7.63. The number of carbonyl (C=O) groups excluding carboxylic acids is 1. The summed E-state index contributed by atoms with van der Waals surface area (Å²) in [5, 5.41) is 14.9. The van der Waals surface area contributed by atoms with Crippen LogP contribution < -0.4 is 10.7 Å². The minimum absolute atomic E-state index is 0.138. The zero-order valence-electron chi connectivity index (χ0n) is 13.2. The normalized spacial score (nSPS) is 10.8. The Kier molecular flexibility index (Phi) is 5.29. The number of fused-ring (bicyclic) bond motifs is 1. The standard InChI is InChI=1S/C16H13ClN4O4S/c17-10-3-1-9(2-4-10)7-26-12-5-11(22)14(15-19-8-20-21(12)15)16(25)18-6-13(23)24/h1-5,8H,6-7H2,(H,18,25)(H,19,20)(H,23,24). The molecule has 0 spiro atoms. The highest BCUT2D eigenvalue weighted by Crippen LogP contribution is 2.23. The maximum absolute atomic E-state index is 12.4. The maximum Gasteiger partial charge on any atom is 0.322 e. The average molecular weight is 393 g/mol. The van der Waals surface area contributed by atoms with E-state index in [9.17, 15) is 14.4 Å². The lowest BCUT2D eigenvalue weighted by Crippen LogP contribution is -2.33. The van der Waals surface area contributed by atoms with Crippen LogP contribution in [0, 0.1) is 0 Å². The van der Waals surface area contributed by atoms with Gasteiger partial charge in [-0.15, -0.1) is 11.8 Å². The Hall–Kier alpha value is -2.78. The predicted molar refractivity (Wildman–Crippen MR) is 96.8 cm³/mol. The molecule has 26 heavy (non-hydrogen) atoms. The fourth-order valence-corrected chi connectivity index (χ4v) is 3.36. The van der Waals surface area contributed by atoms with Crippen LogP contribution in [0.25, 0.3) is 5.65 Å². The van der Waals surface area contributed by atoms with Gasteiger partial charge in [-0.1, -0.05) is 23.7 Å². The molecule has 0 aliphatic heterocycles. The number of hydrogen-bond donors (Lipinski definition) is 3. The summed E-state index contributed by atoms with van der Waals surface area (Å²) in [6.45, 7) is -0.581. The number of rotatable bonds is 6. The number of pyridine rings is 1. The summed E-state index contributed by atoms with van der Waals surface area (Å²) in [5.74, 6) is -1.40. The number of hydrogen-bond acceptors (Lipinski definition) is 5. The molecule has 0 saturated carbocycles. The number of carboxylic acid groups (broad SMARTS) is 1. The number of halogens is 1. The SMILES string of the molecule is O=C(O)CNC(=O)c1c(=O)cc(SCc2ccc(Cl)cc2)n2[nH]cnc12. The van der Waals surface area contributed by atoms with E-state index in [0.29, 0.717) is 15.8 Å². The van der Waals surface area contributed by atoms with E-state index >= 15 is 0 Å². The van der Waals surface area contributed by atoms with Crippen LogP contribution in [0.4, 0.5) is 0 Å². The van der Waals surface area contributed by atoms with Crippen LogP contribution in [0.3, 0.4) is 0 Å². The number of aliphatic carboxylic acids is 1. The molecule has 1 aromatic carbocycles. The second-order valence-electron chi connectivity index (χ2n) is 5.26. The molecule has 134 valence electrons. The van der Waals surface area contributed by atoms with E-state index in [0.717, 1.165) is 5.56 Å². The van der Waals surface area contributed by atoms with Crippen LogP contribution in [0.1, 0.15) is 15.9 Å². The molecule has 0 aliphatic rings. The Morgan fingerprint density at radius 1 is 1.31 bits per heavy atom. The van der Waals surface area contributed by atoms with Crippen LogP contribution in [-0.4, -0.2) is 38.1 Å². The molecule has 8 nitrogen and oxygen atoms in total. The molecule has 3 aromatic rings. The molecule has 10 heteroatoms. The lowest BCUT2D eigenvalue weighted by Gasteiger charge is -2.08. The molecule has 0 atom stereocenters. The summed E-state index contributed by atoms with van der Waals surface area (Å²) in [6.07, 6.45) is 1.36. The number of nitrogens with one attached hydrogen (secondary N) is 2. The summed E-state index contributed by atoms with van der Waals surface area (Å²) >= 11 is 7.25. The van der Waals surface area contributed by atoms with Crippen molar-refractivity contribution in [1.29, 1.82) is 0 Å². The highest BCUT2D eigenvalue weighted by atomic mass is 35.5. The summed E-state index contributed by atoms with van der Waals surface area (Å²) in [6, 6.07) is 8.66. The molecule has 0 unspecified atom stereocenters. The van der Waals surface area contributed by atoms with Crippen molar-refractivity contribution in [3.8, 4) is 0 Å². The molecule has 0 radical (unpaired) electrons. The largest absolute Gasteiger partial charge is 0.480 e. The topological polar surface area (TPSA) is 117 Å². The van der Waals surface area contributed by atoms with Gasteiger partial charge in [-0.3, -0.25) is 19.5 Å². The number of benzene rings is 1. The van der Waals surface area contributed by atoms with Gasteiger partial charge < -0.3 is 10.4 Å². The number of nitrogens with zero attached hydrogens (tertiary/aromatic N) is 2. The molecule has 0 fully saturated rings. The van der Waals surface area contributed by atoms with Crippen LogP contribution >= 0.6 is 23.4 Å². The Morgan fingerprint density at radius 2 is 2.04 bits per heavy atom. The molecular weight excluding hydrogens is 380 g/mol. The number of carbonyl (C=O) groups is 2. The zero-order chi connectivity index (χ0) is 18.7. The summed E-state index contributed by atoms with van der Waals surface area (Å²) in [5.41, 5.74) is 0.421. The third-order valence-corrected chi connectivity index (χ3v) is 4.78. The third kappa shape index (κ3) is 3.89. The van der Waals surface area contributed by atoms with Crippen molar-refractivity contribution in [1.82, 2.24) is 19.9 Å². The number of carboxylic acids is 1. The zero-order valence-corrected chi connectivity index (χ0v) is 14.8. The molecule has 2 aromatic heterocycles. The van der Waals surface area contributed by atoms with Crippen LogP contribution in [-0.2, 0) is 10.5 Å². The minimum atomic E-state index is -1.20. The first-order valence-corrected chi connectivity index (χ1v) is 8.78. The van der Waals surface area contributed by atoms with Gasteiger partial charge in [0.15, 0.2) is 11.1 Å². The number of thioether (sulfide) groups is 1. The van der Waals surface area contributed by atoms with Crippen LogP contribution in [0.5, 0.6) is 0 Å². The summed E-state index contributed by atoms with van der Waals surface area (Å²) in [4.78, 5) is 39.2. The second-order valence-corrected chi connectivity index (χ2v) is 6.69. The van der Waals surface area contributed by atoms with Crippen molar-refractivity contribution in [2.24, 2.45) is 0 Å². The number of amides is 1. The molecule has 3 N–H and O–H groups in total. The predicted octanol–water partition coefficient (Wildman–Crippen LogP) is 1.78. The Bertz CT molecular complexity index is 1030. The van der Waals surface area contributed by atoms with Gasteiger partial charge in [0.2, 0.25) is 0 Å². The van der Waals surface area contributed by atoms with E-state index < -0.39 is 23.9 Å². The smallest absolute Gasteiger partial charge is 0.322 e. The molecule has 1 amide bonds. The monoisotopic (exact) mass is 392 g/mol. The minimum Gasteiger partial charge on any atom is -0.480 e. The fourth-order valence-electron chi connectivity index (χ4n) is 2.27. The Balaban J connectivity index is 1.89. The van der Waals surface area contributed by atoms with Gasteiger partial charge in [-0.05, 0) is 17.7 Å². The molecular formula is C16H13ClN4O4S. The van der Waals surface area contributed by atoms with Gasteiger partial charge in [0, 0.05) is 16.8 Å². The van der Waals surface area contributed by atoms with E-state index in [1.165, 1.54) is 28.7 Å². The van der Waals surface area contributed by atoms with Crippen LogP contribution in [0.2, 0.25) is 5.02 Å². The van der Waals surface area contributed by atoms with E-state index in [-0.39, 0.29) is 11.2 Å². The van der Waals surface area contributed by atoms with Crippen molar-refractivity contribution in [3.63, 3.8) is 0 Å². The fraction of sp³-hybridized carbons (Fsp3) is 0.125. The van der Waals surface area contributed by atoms with E-state index in [4.69, 9.17) is 16.7 Å². The number of aromatic nitrogens is 3. The quantitative estimate of drug-likeness (QED) is 0.550. The van der Waals surface area contributed by atoms with Gasteiger partial charge in [-0.2, -0.15) is 0 Å². The van der Waals surface area contributed by atoms with Gasteiger partial charge in [0.05, 0.1) is 0 Å². The first-order valence-electron chi connectivity index (χ1n) is 7.42. The number of aromatic amines is 1. The highest BCUT2D eigenvalue weighted by molar-refractivity contribution is 7.98. The molecule has 3 rings (SSSR count). The third-order valence-electron chi connectivity index (χ3n) is 3.46. The Labute approximate surface area is 156 Å². The van der Waals surface area contributed by atoms with Gasteiger partial charge >= 0.3 is 5.97 Å². The van der Waals surface area contributed by atoms with Crippen molar-refractivity contribution in [2.75, 3.05) is 6.54 Å².